The first-order chi connectivity index (χ1) is 10.1. The van der Waals surface area contributed by atoms with Gasteiger partial charge in [0.05, 0.1) is 6.42 Å². The molecule has 2 aliphatic carbocycles. The van der Waals surface area contributed by atoms with E-state index in [1.165, 1.54) is 64.2 Å². The number of likely N-dealkylation sites (tertiary alicyclic amines) is 1. The quantitative estimate of drug-likeness (QED) is 0.847. The lowest BCUT2D eigenvalue weighted by atomic mass is 9.65. The lowest BCUT2D eigenvalue weighted by Crippen LogP contribution is -2.53. The molecular formula is C18H31NO2. The van der Waals surface area contributed by atoms with E-state index >= 15 is 0 Å². The Labute approximate surface area is 129 Å². The molecule has 3 aliphatic rings. The van der Waals surface area contributed by atoms with Crippen LogP contribution in [0.25, 0.3) is 0 Å². The number of carbonyl (C=O) groups is 1. The standard InChI is InChI=1S/C18H31NO2/c20-16(21)15-18(19-13-5-1-2-6-14-19)11-9-17(10-12-18)7-3-4-8-17/h1-15H2,(H,20,21). The van der Waals surface area contributed by atoms with E-state index < -0.39 is 5.97 Å². The molecule has 0 aromatic rings. The van der Waals surface area contributed by atoms with E-state index in [0.29, 0.717) is 11.8 Å². The third-order valence-electron chi connectivity index (χ3n) is 6.66. The lowest BCUT2D eigenvalue weighted by molar-refractivity contribution is -0.142. The van der Waals surface area contributed by atoms with Crippen LogP contribution in [0.3, 0.4) is 0 Å². The number of hydrogen-bond donors (Lipinski definition) is 1. The fourth-order valence-corrected chi connectivity index (χ4v) is 5.30. The number of hydrogen-bond acceptors (Lipinski definition) is 2. The largest absolute Gasteiger partial charge is 0.481 e. The van der Waals surface area contributed by atoms with Gasteiger partial charge in [0.1, 0.15) is 0 Å². The van der Waals surface area contributed by atoms with Crippen molar-refractivity contribution in [3.63, 3.8) is 0 Å². The Balaban J connectivity index is 1.73. The summed E-state index contributed by atoms with van der Waals surface area (Å²) in [5, 5.41) is 9.46. The highest BCUT2D eigenvalue weighted by Gasteiger charge is 2.47. The molecule has 0 unspecified atom stereocenters. The van der Waals surface area contributed by atoms with Crippen molar-refractivity contribution < 1.29 is 9.90 Å². The average molecular weight is 293 g/mol. The summed E-state index contributed by atoms with van der Waals surface area (Å²) in [4.78, 5) is 14.1. The Morgan fingerprint density at radius 3 is 1.90 bits per heavy atom. The predicted molar refractivity (Wildman–Crippen MR) is 84.4 cm³/mol. The van der Waals surface area contributed by atoms with Gasteiger partial charge >= 0.3 is 5.97 Å². The van der Waals surface area contributed by atoms with Gasteiger partial charge in [-0.05, 0) is 69.9 Å². The van der Waals surface area contributed by atoms with Gasteiger partial charge in [0.25, 0.3) is 0 Å². The second-order valence-corrected chi connectivity index (χ2v) is 7.90. The molecule has 1 spiro atoms. The second kappa shape index (κ2) is 6.28. The Kier molecular flexibility index (Phi) is 4.58. The predicted octanol–water partition coefficient (Wildman–Crippen LogP) is 4.21. The maximum Gasteiger partial charge on any atom is 0.305 e. The Morgan fingerprint density at radius 2 is 1.38 bits per heavy atom. The number of aliphatic carboxylic acids is 1. The molecular weight excluding hydrogens is 262 g/mol. The van der Waals surface area contributed by atoms with Crippen LogP contribution in [-0.2, 0) is 4.79 Å². The molecule has 1 N–H and O–H groups in total. The van der Waals surface area contributed by atoms with Crippen molar-refractivity contribution in [2.75, 3.05) is 13.1 Å². The van der Waals surface area contributed by atoms with Gasteiger partial charge in [-0.25, -0.2) is 0 Å². The van der Waals surface area contributed by atoms with Crippen molar-refractivity contribution in [1.82, 2.24) is 4.90 Å². The highest BCUT2D eigenvalue weighted by molar-refractivity contribution is 5.68. The van der Waals surface area contributed by atoms with Gasteiger partial charge < -0.3 is 5.11 Å². The van der Waals surface area contributed by atoms with Gasteiger partial charge in [0.2, 0.25) is 0 Å². The summed E-state index contributed by atoms with van der Waals surface area (Å²) in [5.41, 5.74) is 0.567. The van der Waals surface area contributed by atoms with Crippen LogP contribution in [-0.4, -0.2) is 34.6 Å². The van der Waals surface area contributed by atoms with Crippen molar-refractivity contribution in [2.24, 2.45) is 5.41 Å². The smallest absolute Gasteiger partial charge is 0.305 e. The van der Waals surface area contributed by atoms with E-state index in [1.807, 2.05) is 0 Å². The summed E-state index contributed by atoms with van der Waals surface area (Å²) in [6.07, 6.45) is 15.9. The zero-order chi connectivity index (χ0) is 14.8. The van der Waals surface area contributed by atoms with Gasteiger partial charge in [-0.1, -0.05) is 25.7 Å². The second-order valence-electron chi connectivity index (χ2n) is 7.90. The number of carboxylic acid groups (broad SMARTS) is 1. The maximum absolute atomic E-state index is 11.5. The van der Waals surface area contributed by atoms with Gasteiger partial charge in [0.15, 0.2) is 0 Å². The van der Waals surface area contributed by atoms with Crippen LogP contribution in [0.2, 0.25) is 0 Å². The number of carboxylic acids is 1. The molecule has 0 atom stereocenters. The lowest BCUT2D eigenvalue weighted by Gasteiger charge is -2.50. The molecule has 1 heterocycles. The highest BCUT2D eigenvalue weighted by Crippen LogP contribution is 2.53. The fourth-order valence-electron chi connectivity index (χ4n) is 5.30. The first kappa shape index (κ1) is 15.3. The van der Waals surface area contributed by atoms with Crippen molar-refractivity contribution in [3.8, 4) is 0 Å². The van der Waals surface area contributed by atoms with E-state index in [4.69, 9.17) is 0 Å². The minimum Gasteiger partial charge on any atom is -0.481 e. The summed E-state index contributed by atoms with van der Waals surface area (Å²) in [5.74, 6) is -0.596. The van der Waals surface area contributed by atoms with Crippen molar-refractivity contribution in [3.05, 3.63) is 0 Å². The van der Waals surface area contributed by atoms with Crippen LogP contribution < -0.4 is 0 Å². The van der Waals surface area contributed by atoms with E-state index in [2.05, 4.69) is 4.90 Å². The molecule has 3 fully saturated rings. The minimum atomic E-state index is -0.596. The Morgan fingerprint density at radius 1 is 0.810 bits per heavy atom. The summed E-state index contributed by atoms with van der Waals surface area (Å²) in [6.45, 7) is 2.25. The van der Waals surface area contributed by atoms with Crippen LogP contribution in [0.4, 0.5) is 0 Å². The molecule has 0 aromatic heterocycles. The Bertz CT molecular complexity index is 355. The zero-order valence-corrected chi connectivity index (χ0v) is 13.4. The number of nitrogens with zero attached hydrogens (tertiary/aromatic N) is 1. The molecule has 120 valence electrons. The van der Waals surface area contributed by atoms with Gasteiger partial charge in [-0.3, -0.25) is 9.69 Å². The molecule has 0 aromatic carbocycles. The van der Waals surface area contributed by atoms with E-state index in [-0.39, 0.29) is 5.54 Å². The summed E-state index contributed by atoms with van der Waals surface area (Å²) >= 11 is 0. The van der Waals surface area contributed by atoms with Gasteiger partial charge in [-0.2, -0.15) is 0 Å². The molecule has 0 bridgehead atoms. The highest BCUT2D eigenvalue weighted by atomic mass is 16.4. The molecule has 3 rings (SSSR count). The van der Waals surface area contributed by atoms with Crippen molar-refractivity contribution in [2.45, 2.75) is 89.0 Å². The molecule has 1 saturated heterocycles. The molecule has 0 amide bonds. The summed E-state index contributed by atoms with van der Waals surface area (Å²) < 4.78 is 0. The molecule has 0 radical (unpaired) electrons. The van der Waals surface area contributed by atoms with Crippen LogP contribution in [0.5, 0.6) is 0 Å². The first-order valence-electron chi connectivity index (χ1n) is 9.11. The van der Waals surface area contributed by atoms with Crippen LogP contribution in [0.1, 0.15) is 83.5 Å². The van der Waals surface area contributed by atoms with E-state index in [1.54, 1.807) is 0 Å². The monoisotopic (exact) mass is 293 g/mol. The first-order valence-corrected chi connectivity index (χ1v) is 9.11. The van der Waals surface area contributed by atoms with E-state index in [0.717, 1.165) is 25.9 Å². The fraction of sp³-hybridized carbons (Fsp3) is 0.944. The molecule has 3 nitrogen and oxygen atoms in total. The van der Waals surface area contributed by atoms with Crippen LogP contribution >= 0.6 is 0 Å². The summed E-state index contributed by atoms with van der Waals surface area (Å²) in [6, 6.07) is 0. The van der Waals surface area contributed by atoms with Crippen molar-refractivity contribution in [1.29, 1.82) is 0 Å². The van der Waals surface area contributed by atoms with Crippen LogP contribution in [0.15, 0.2) is 0 Å². The normalized spacial score (nSPS) is 29.3. The topological polar surface area (TPSA) is 40.5 Å². The molecule has 2 saturated carbocycles. The van der Waals surface area contributed by atoms with Gasteiger partial charge in [0, 0.05) is 5.54 Å². The zero-order valence-electron chi connectivity index (χ0n) is 13.4. The maximum atomic E-state index is 11.5. The van der Waals surface area contributed by atoms with E-state index in [9.17, 15) is 9.90 Å². The average Bonchev–Trinajstić information content (AvgIpc) is 2.74. The molecule has 21 heavy (non-hydrogen) atoms. The SMILES string of the molecule is O=C(O)CC1(N2CCCCCC2)CCC2(CCCC2)CC1. The van der Waals surface area contributed by atoms with Crippen molar-refractivity contribution >= 4 is 5.97 Å². The summed E-state index contributed by atoms with van der Waals surface area (Å²) in [7, 11) is 0. The van der Waals surface area contributed by atoms with Crippen LogP contribution in [0, 0.1) is 5.41 Å². The number of rotatable bonds is 3. The minimum absolute atomic E-state index is 0.0238. The third kappa shape index (κ3) is 3.28. The molecule has 3 heteroatoms. The van der Waals surface area contributed by atoms with Gasteiger partial charge in [-0.15, -0.1) is 0 Å². The Hall–Kier alpha value is -0.570. The third-order valence-corrected chi connectivity index (χ3v) is 6.66. The molecule has 1 aliphatic heterocycles.